The molecule has 2 fully saturated rings. The highest BCUT2D eigenvalue weighted by molar-refractivity contribution is 7.09. The number of likely N-dealkylation sites (tertiary alicyclic amines) is 1. The molecule has 4 rings (SSSR count). The molecular weight excluding hydrogens is 395 g/mol. The molecule has 2 aromatic rings. The normalized spacial score (nSPS) is 24.4. The summed E-state index contributed by atoms with van der Waals surface area (Å²) in [4.78, 5) is 19.3. The van der Waals surface area contributed by atoms with Crippen LogP contribution < -0.4 is 4.74 Å². The summed E-state index contributed by atoms with van der Waals surface area (Å²) in [6, 6.07) is 5.25. The lowest BCUT2D eigenvalue weighted by Gasteiger charge is -2.40. The molecule has 0 N–H and O–H groups in total. The zero-order valence-electron chi connectivity index (χ0n) is 16.8. The number of fused-ring (bicyclic) bond motifs is 1. The summed E-state index contributed by atoms with van der Waals surface area (Å²) in [6.07, 6.45) is 2.17. The van der Waals surface area contributed by atoms with Crippen molar-refractivity contribution in [1.29, 1.82) is 0 Å². The van der Waals surface area contributed by atoms with Crippen molar-refractivity contribution in [1.82, 2.24) is 9.88 Å². The number of hydrogen-bond acceptors (Lipinski definition) is 6. The van der Waals surface area contributed by atoms with E-state index in [9.17, 15) is 9.18 Å². The predicted molar refractivity (Wildman–Crippen MR) is 107 cm³/mol. The Bertz CT molecular complexity index is 883. The molecule has 8 heteroatoms. The lowest BCUT2D eigenvalue weighted by molar-refractivity contribution is -0.0440. The summed E-state index contributed by atoms with van der Waals surface area (Å²) in [5.74, 6) is 0.523. The number of carbonyl (C=O) groups is 1. The van der Waals surface area contributed by atoms with Crippen molar-refractivity contribution < 1.29 is 23.4 Å². The number of hydrogen-bond donors (Lipinski definition) is 0. The molecule has 0 aliphatic carbocycles. The summed E-state index contributed by atoms with van der Waals surface area (Å²) < 4.78 is 31.0. The monoisotopic (exact) mass is 420 g/mol. The van der Waals surface area contributed by atoms with Gasteiger partial charge in [0.2, 0.25) is 0 Å². The lowest BCUT2D eigenvalue weighted by Crippen LogP contribution is -2.53. The maximum absolute atomic E-state index is 13.7. The van der Waals surface area contributed by atoms with Crippen molar-refractivity contribution in [3.8, 4) is 5.75 Å². The largest absolute Gasteiger partial charge is 0.490 e. The van der Waals surface area contributed by atoms with Crippen molar-refractivity contribution in [2.75, 3.05) is 26.5 Å². The molecule has 3 heterocycles. The second kappa shape index (κ2) is 7.66. The van der Waals surface area contributed by atoms with E-state index in [0.717, 1.165) is 10.6 Å². The third-order valence-corrected chi connectivity index (χ3v) is 6.25. The van der Waals surface area contributed by atoms with E-state index < -0.39 is 11.3 Å². The number of amides is 1. The Morgan fingerprint density at radius 1 is 1.48 bits per heavy atom. The van der Waals surface area contributed by atoms with E-state index in [1.165, 1.54) is 13.8 Å². The second-order valence-electron chi connectivity index (χ2n) is 8.13. The molecule has 0 spiro atoms. The van der Waals surface area contributed by atoms with E-state index in [1.54, 1.807) is 40.6 Å². The Hall–Kier alpha value is -2.03. The summed E-state index contributed by atoms with van der Waals surface area (Å²) in [5.41, 5.74) is -0.593. The van der Waals surface area contributed by atoms with Crippen molar-refractivity contribution in [3.05, 3.63) is 45.9 Å². The van der Waals surface area contributed by atoms with E-state index in [0.29, 0.717) is 30.8 Å². The van der Waals surface area contributed by atoms with Gasteiger partial charge in [-0.25, -0.2) is 9.37 Å². The fraction of sp³-hybridized carbons (Fsp3) is 0.524. The van der Waals surface area contributed by atoms with Crippen molar-refractivity contribution in [2.24, 2.45) is 0 Å². The van der Waals surface area contributed by atoms with E-state index in [4.69, 9.17) is 14.2 Å². The number of aromatic nitrogens is 1. The number of ether oxygens (including phenoxy) is 3. The van der Waals surface area contributed by atoms with Crippen LogP contribution in [0.3, 0.4) is 0 Å². The minimum atomic E-state index is -1.41. The van der Waals surface area contributed by atoms with Crippen LogP contribution in [0, 0.1) is 6.92 Å². The number of rotatable bonds is 5. The molecule has 2 aliphatic heterocycles. The fourth-order valence-corrected chi connectivity index (χ4v) is 4.64. The quantitative estimate of drug-likeness (QED) is 0.738. The van der Waals surface area contributed by atoms with Gasteiger partial charge in [-0.3, -0.25) is 4.79 Å². The molecular formula is C21H25FN2O4S. The highest BCUT2D eigenvalue weighted by atomic mass is 32.1. The Labute approximate surface area is 173 Å². The van der Waals surface area contributed by atoms with Gasteiger partial charge in [0.25, 0.3) is 5.91 Å². The molecule has 6 nitrogen and oxygen atoms in total. The Balaban J connectivity index is 1.46. The third kappa shape index (κ3) is 4.01. The molecule has 0 radical (unpaired) electrons. The number of nitrogens with zero attached hydrogens (tertiary/aromatic N) is 2. The molecule has 1 amide bonds. The number of aryl methyl sites for hydroxylation is 1. The molecule has 0 bridgehead atoms. The molecule has 2 aliphatic rings. The van der Waals surface area contributed by atoms with Gasteiger partial charge in [0.05, 0.1) is 6.54 Å². The molecule has 2 atom stereocenters. The SMILES string of the molecule is Cc1cc(C(=O)N2CCC3(c4nccs4)OCOC3C2)ccc1OCC(C)(C)F. The van der Waals surface area contributed by atoms with E-state index in [-0.39, 0.29) is 25.4 Å². The van der Waals surface area contributed by atoms with Crippen molar-refractivity contribution in [2.45, 2.75) is 44.6 Å². The molecule has 0 saturated carbocycles. The first kappa shape index (κ1) is 20.3. The van der Waals surface area contributed by atoms with Gasteiger partial charge in [-0.05, 0) is 44.5 Å². The lowest BCUT2D eigenvalue weighted by atomic mass is 9.88. The van der Waals surface area contributed by atoms with Crippen LogP contribution >= 0.6 is 11.3 Å². The summed E-state index contributed by atoms with van der Waals surface area (Å²) in [6.45, 7) is 5.98. The maximum Gasteiger partial charge on any atom is 0.253 e. The van der Waals surface area contributed by atoms with Gasteiger partial charge in [0.1, 0.15) is 35.9 Å². The van der Waals surface area contributed by atoms with Gasteiger partial charge in [-0.1, -0.05) is 0 Å². The number of piperidine rings is 1. The number of thiazole rings is 1. The smallest absolute Gasteiger partial charge is 0.253 e. The average molecular weight is 421 g/mol. The van der Waals surface area contributed by atoms with Gasteiger partial charge >= 0.3 is 0 Å². The Morgan fingerprint density at radius 2 is 2.31 bits per heavy atom. The zero-order chi connectivity index (χ0) is 20.6. The molecule has 2 saturated heterocycles. The zero-order valence-corrected chi connectivity index (χ0v) is 17.6. The van der Waals surface area contributed by atoms with Crippen molar-refractivity contribution in [3.63, 3.8) is 0 Å². The first-order valence-electron chi connectivity index (χ1n) is 9.66. The van der Waals surface area contributed by atoms with E-state index >= 15 is 0 Å². The number of benzene rings is 1. The minimum absolute atomic E-state index is 0.0366. The highest BCUT2D eigenvalue weighted by Crippen LogP contribution is 2.43. The Morgan fingerprint density at radius 3 is 3.00 bits per heavy atom. The predicted octanol–water partition coefficient (Wildman–Crippen LogP) is 3.69. The topological polar surface area (TPSA) is 60.9 Å². The van der Waals surface area contributed by atoms with Crippen LogP contribution in [-0.4, -0.2) is 54.1 Å². The highest BCUT2D eigenvalue weighted by Gasteiger charge is 2.52. The molecule has 1 aromatic carbocycles. The molecule has 1 aromatic heterocycles. The number of carbonyl (C=O) groups excluding carboxylic acids is 1. The average Bonchev–Trinajstić information content (AvgIpc) is 3.35. The molecule has 2 unspecified atom stereocenters. The van der Waals surface area contributed by atoms with Crippen LogP contribution in [0.1, 0.15) is 41.2 Å². The van der Waals surface area contributed by atoms with Crippen LogP contribution in [0.4, 0.5) is 4.39 Å². The van der Waals surface area contributed by atoms with Crippen molar-refractivity contribution >= 4 is 17.2 Å². The fourth-order valence-electron chi connectivity index (χ4n) is 3.77. The Kier molecular flexibility index (Phi) is 5.35. The maximum atomic E-state index is 13.7. The van der Waals surface area contributed by atoms with Crippen LogP contribution in [0.15, 0.2) is 29.8 Å². The molecule has 156 valence electrons. The third-order valence-electron chi connectivity index (χ3n) is 5.32. The van der Waals surface area contributed by atoms with Crippen LogP contribution in [0.5, 0.6) is 5.75 Å². The summed E-state index contributed by atoms with van der Waals surface area (Å²) in [5, 5.41) is 2.83. The number of alkyl halides is 1. The van der Waals surface area contributed by atoms with Gasteiger partial charge < -0.3 is 19.1 Å². The first-order chi connectivity index (χ1) is 13.8. The van der Waals surface area contributed by atoms with E-state index in [1.807, 2.05) is 12.3 Å². The van der Waals surface area contributed by atoms with E-state index in [2.05, 4.69) is 4.98 Å². The van der Waals surface area contributed by atoms with Crippen LogP contribution in [-0.2, 0) is 15.1 Å². The summed E-state index contributed by atoms with van der Waals surface area (Å²) >= 11 is 1.55. The van der Waals surface area contributed by atoms with Gasteiger partial charge in [-0.15, -0.1) is 11.3 Å². The second-order valence-corrected chi connectivity index (χ2v) is 9.03. The van der Waals surface area contributed by atoms with Crippen LogP contribution in [0.25, 0.3) is 0 Å². The number of halogens is 1. The minimum Gasteiger partial charge on any atom is -0.490 e. The van der Waals surface area contributed by atoms with Gasteiger partial charge in [-0.2, -0.15) is 0 Å². The van der Waals surface area contributed by atoms with Crippen LogP contribution in [0.2, 0.25) is 0 Å². The molecule has 29 heavy (non-hydrogen) atoms. The van der Waals surface area contributed by atoms with Gasteiger partial charge in [0.15, 0.2) is 5.60 Å². The standard InChI is InChI=1S/C21H25FN2O4S/c1-14-10-15(4-5-16(14)26-12-20(2,3)22)18(25)24-8-6-21(19-23-7-9-29-19)17(11-24)27-13-28-21/h4-5,7,9-10,17H,6,8,11-13H2,1-3H3. The summed E-state index contributed by atoms with van der Waals surface area (Å²) in [7, 11) is 0. The van der Waals surface area contributed by atoms with Gasteiger partial charge in [0, 0.05) is 30.1 Å². The first-order valence-corrected chi connectivity index (χ1v) is 10.5.